The summed E-state index contributed by atoms with van der Waals surface area (Å²) >= 11 is 0. The highest BCUT2D eigenvalue weighted by atomic mass is 16.3. The van der Waals surface area contributed by atoms with Crippen molar-refractivity contribution in [2.45, 2.75) is 0 Å². The minimum atomic E-state index is 0.570. The van der Waals surface area contributed by atoms with Crippen molar-refractivity contribution < 1.29 is 4.42 Å². The van der Waals surface area contributed by atoms with Crippen LogP contribution in [0.15, 0.2) is 199 Å². The van der Waals surface area contributed by atoms with E-state index in [0.717, 1.165) is 77.1 Å². The van der Waals surface area contributed by atoms with Gasteiger partial charge in [-0.2, -0.15) is 9.97 Å². The SMILES string of the molecule is c1ccc(-c2ccc(-c3nc(-c4ccccc4)nc(-n4c5ccccc5c5cc(-c6ccc7oc8cc(-c9ccccc9)ccc8c7c6)ccc54)n3)cc2)cc1. The highest BCUT2D eigenvalue weighted by molar-refractivity contribution is 6.11. The summed E-state index contributed by atoms with van der Waals surface area (Å²) in [4.78, 5) is 15.3. The molecule has 0 saturated heterocycles. The van der Waals surface area contributed by atoms with E-state index in [2.05, 4.69) is 156 Å². The van der Waals surface area contributed by atoms with E-state index >= 15 is 0 Å². The van der Waals surface area contributed by atoms with Gasteiger partial charge < -0.3 is 4.42 Å². The zero-order chi connectivity index (χ0) is 37.0. The van der Waals surface area contributed by atoms with Crippen molar-refractivity contribution in [1.29, 1.82) is 0 Å². The molecule has 0 unspecified atom stereocenters. The highest BCUT2D eigenvalue weighted by Crippen LogP contribution is 2.38. The lowest BCUT2D eigenvalue weighted by atomic mass is 9.99. The second kappa shape index (κ2) is 13.0. The number of hydrogen-bond donors (Lipinski definition) is 0. The number of benzene rings is 8. The average Bonchev–Trinajstić information content (AvgIpc) is 3.82. The second-order valence-electron chi connectivity index (χ2n) is 14.1. The van der Waals surface area contributed by atoms with Crippen LogP contribution in [-0.2, 0) is 0 Å². The fraction of sp³-hybridized carbons (Fsp3) is 0. The second-order valence-corrected chi connectivity index (χ2v) is 14.1. The molecule has 262 valence electrons. The summed E-state index contributed by atoms with van der Waals surface area (Å²) in [6.45, 7) is 0. The molecule has 0 radical (unpaired) electrons. The van der Waals surface area contributed by atoms with Crippen molar-refractivity contribution in [2.24, 2.45) is 0 Å². The Labute approximate surface area is 322 Å². The molecule has 56 heavy (non-hydrogen) atoms. The molecule has 3 aromatic heterocycles. The predicted molar refractivity (Wildman–Crippen MR) is 229 cm³/mol. The molecule has 0 aliphatic heterocycles. The third-order valence-electron chi connectivity index (χ3n) is 10.7. The van der Waals surface area contributed by atoms with E-state index in [9.17, 15) is 0 Å². The number of furan rings is 1. The first-order valence-electron chi connectivity index (χ1n) is 18.8. The van der Waals surface area contributed by atoms with E-state index in [4.69, 9.17) is 19.4 Å². The van der Waals surface area contributed by atoms with Crippen LogP contribution in [0.5, 0.6) is 0 Å². The summed E-state index contributed by atoms with van der Waals surface area (Å²) in [7, 11) is 0. The zero-order valence-corrected chi connectivity index (χ0v) is 30.2. The third kappa shape index (κ3) is 5.45. The van der Waals surface area contributed by atoms with E-state index in [1.54, 1.807) is 0 Å². The monoisotopic (exact) mass is 716 g/mol. The molecule has 0 bridgehead atoms. The van der Waals surface area contributed by atoms with Crippen LogP contribution < -0.4 is 0 Å². The first-order valence-corrected chi connectivity index (χ1v) is 18.8. The number of para-hydroxylation sites is 1. The molecule has 11 rings (SSSR count). The Hall–Kier alpha value is -7.63. The van der Waals surface area contributed by atoms with E-state index in [1.807, 2.05) is 42.5 Å². The lowest BCUT2D eigenvalue weighted by Crippen LogP contribution is -2.06. The van der Waals surface area contributed by atoms with Gasteiger partial charge in [0.2, 0.25) is 5.95 Å². The van der Waals surface area contributed by atoms with Gasteiger partial charge >= 0.3 is 0 Å². The summed E-state index contributed by atoms with van der Waals surface area (Å²) in [5.41, 5.74) is 12.5. The Morgan fingerprint density at radius 3 is 1.50 bits per heavy atom. The van der Waals surface area contributed by atoms with E-state index in [-0.39, 0.29) is 0 Å². The maximum Gasteiger partial charge on any atom is 0.238 e. The van der Waals surface area contributed by atoms with Crippen molar-refractivity contribution in [2.75, 3.05) is 0 Å². The molecule has 5 nitrogen and oxygen atoms in total. The lowest BCUT2D eigenvalue weighted by molar-refractivity contribution is 0.669. The summed E-state index contributed by atoms with van der Waals surface area (Å²) < 4.78 is 8.54. The summed E-state index contributed by atoms with van der Waals surface area (Å²) in [5, 5.41) is 4.46. The van der Waals surface area contributed by atoms with Gasteiger partial charge in [-0.05, 0) is 75.8 Å². The maximum absolute atomic E-state index is 6.37. The molecule has 5 heteroatoms. The summed E-state index contributed by atoms with van der Waals surface area (Å²) in [5.74, 6) is 1.81. The Kier molecular flexibility index (Phi) is 7.42. The maximum atomic E-state index is 6.37. The average molecular weight is 717 g/mol. The van der Waals surface area contributed by atoms with Crippen molar-refractivity contribution in [3.8, 4) is 62.1 Å². The number of fused-ring (bicyclic) bond motifs is 6. The molecule has 0 N–H and O–H groups in total. The van der Waals surface area contributed by atoms with E-state index < -0.39 is 0 Å². The van der Waals surface area contributed by atoms with Crippen LogP contribution in [0.4, 0.5) is 0 Å². The summed E-state index contributed by atoms with van der Waals surface area (Å²) in [6.07, 6.45) is 0. The van der Waals surface area contributed by atoms with Gasteiger partial charge in [-0.25, -0.2) is 4.98 Å². The lowest BCUT2D eigenvalue weighted by Gasteiger charge is -2.11. The third-order valence-corrected chi connectivity index (χ3v) is 10.7. The highest BCUT2D eigenvalue weighted by Gasteiger charge is 2.19. The largest absolute Gasteiger partial charge is 0.456 e. The van der Waals surface area contributed by atoms with Crippen LogP contribution in [0.3, 0.4) is 0 Å². The van der Waals surface area contributed by atoms with Gasteiger partial charge in [-0.1, -0.05) is 152 Å². The van der Waals surface area contributed by atoms with Crippen LogP contribution in [0.1, 0.15) is 0 Å². The van der Waals surface area contributed by atoms with Crippen LogP contribution >= 0.6 is 0 Å². The van der Waals surface area contributed by atoms with Gasteiger partial charge in [0.25, 0.3) is 0 Å². The van der Waals surface area contributed by atoms with Gasteiger partial charge in [0.15, 0.2) is 11.6 Å². The Morgan fingerprint density at radius 2 is 0.786 bits per heavy atom. The Balaban J connectivity index is 1.04. The molecular weight excluding hydrogens is 685 g/mol. The van der Waals surface area contributed by atoms with Gasteiger partial charge in [0, 0.05) is 32.7 Å². The number of rotatable bonds is 6. The standard InChI is InChI=1S/C51H32N4O/c1-4-12-33(13-5-1)35-20-22-37(23-21-35)50-52-49(36-16-8-3-9-17-36)53-51(54-50)55-45-19-11-10-18-41(45)43-30-38(25-28-46(43)55)39-26-29-47-44(31-39)42-27-24-40(32-48(42)56-47)34-14-6-2-7-15-34/h1-32H. The van der Waals surface area contributed by atoms with Gasteiger partial charge in [0.1, 0.15) is 11.2 Å². The van der Waals surface area contributed by atoms with Crippen LogP contribution in [-0.4, -0.2) is 19.5 Å². The fourth-order valence-electron chi connectivity index (χ4n) is 7.89. The fourth-order valence-corrected chi connectivity index (χ4v) is 7.89. The topological polar surface area (TPSA) is 56.7 Å². The van der Waals surface area contributed by atoms with Gasteiger partial charge in [-0.3, -0.25) is 4.57 Å². The minimum absolute atomic E-state index is 0.570. The molecule has 11 aromatic rings. The molecular formula is C51H32N4O. The first kappa shape index (κ1) is 31.9. The van der Waals surface area contributed by atoms with Crippen molar-refractivity contribution in [3.63, 3.8) is 0 Å². The molecule has 0 atom stereocenters. The van der Waals surface area contributed by atoms with Crippen LogP contribution in [0.25, 0.3) is 106 Å². The molecule has 0 spiro atoms. The zero-order valence-electron chi connectivity index (χ0n) is 30.2. The number of aromatic nitrogens is 4. The molecule has 0 aliphatic rings. The predicted octanol–water partition coefficient (Wildman–Crippen LogP) is 13.2. The van der Waals surface area contributed by atoms with Crippen LogP contribution in [0, 0.1) is 0 Å². The minimum Gasteiger partial charge on any atom is -0.456 e. The molecule has 8 aromatic carbocycles. The van der Waals surface area contributed by atoms with Crippen molar-refractivity contribution in [3.05, 3.63) is 194 Å². The quantitative estimate of drug-likeness (QED) is 0.172. The molecule has 0 aliphatic carbocycles. The molecule has 0 fully saturated rings. The normalized spacial score (nSPS) is 11.6. The molecule has 0 amide bonds. The molecule has 3 heterocycles. The smallest absolute Gasteiger partial charge is 0.238 e. The van der Waals surface area contributed by atoms with Gasteiger partial charge in [-0.15, -0.1) is 0 Å². The van der Waals surface area contributed by atoms with Crippen LogP contribution in [0.2, 0.25) is 0 Å². The number of nitrogens with zero attached hydrogens (tertiary/aromatic N) is 4. The van der Waals surface area contributed by atoms with E-state index in [0.29, 0.717) is 17.6 Å². The number of hydrogen-bond acceptors (Lipinski definition) is 4. The van der Waals surface area contributed by atoms with Crippen molar-refractivity contribution >= 4 is 43.7 Å². The Morgan fingerprint density at radius 1 is 0.304 bits per heavy atom. The first-order chi connectivity index (χ1) is 27.7. The van der Waals surface area contributed by atoms with E-state index in [1.165, 1.54) is 11.1 Å². The Bertz CT molecular complexity index is 3220. The van der Waals surface area contributed by atoms with Gasteiger partial charge in [0.05, 0.1) is 11.0 Å². The summed E-state index contributed by atoms with van der Waals surface area (Å²) in [6, 6.07) is 67.5. The van der Waals surface area contributed by atoms with Crippen molar-refractivity contribution in [1.82, 2.24) is 19.5 Å². The molecule has 0 saturated carbocycles.